The average Bonchev–Trinajstić information content (AvgIpc) is 2.89. The van der Waals surface area contributed by atoms with Crippen LogP contribution in [0.25, 0.3) is 5.70 Å². The Kier molecular flexibility index (Phi) is 3.81. The van der Waals surface area contributed by atoms with Crippen molar-refractivity contribution in [3.8, 4) is 0 Å². The maximum Gasteiger partial charge on any atom is 0.332 e. The SMILES string of the molecule is COC(=O)C=C(n1ccnc1)C1(O)CCCCC1. The third-order valence-corrected chi connectivity index (χ3v) is 3.40. The predicted octanol–water partition coefficient (Wildman–Crippen LogP) is 1.59. The van der Waals surface area contributed by atoms with Gasteiger partial charge in [-0.3, -0.25) is 0 Å². The van der Waals surface area contributed by atoms with Crippen molar-refractivity contribution in [1.29, 1.82) is 0 Å². The van der Waals surface area contributed by atoms with Gasteiger partial charge in [-0.25, -0.2) is 9.78 Å². The van der Waals surface area contributed by atoms with Gasteiger partial charge in [0.2, 0.25) is 0 Å². The van der Waals surface area contributed by atoms with E-state index in [9.17, 15) is 9.90 Å². The molecule has 1 aliphatic carbocycles. The molecule has 1 heterocycles. The van der Waals surface area contributed by atoms with Crippen LogP contribution in [0.3, 0.4) is 0 Å². The molecule has 0 unspecified atom stereocenters. The molecule has 0 aromatic carbocycles. The Morgan fingerprint density at radius 2 is 2.17 bits per heavy atom. The van der Waals surface area contributed by atoms with Crippen molar-refractivity contribution in [2.45, 2.75) is 37.7 Å². The van der Waals surface area contributed by atoms with Gasteiger partial charge in [-0.1, -0.05) is 19.3 Å². The number of ether oxygens (including phenoxy) is 1. The lowest BCUT2D eigenvalue weighted by Gasteiger charge is -2.34. The number of aromatic nitrogens is 2. The zero-order valence-corrected chi connectivity index (χ0v) is 10.5. The molecule has 1 aromatic heterocycles. The van der Waals surface area contributed by atoms with Crippen molar-refractivity contribution in [3.05, 3.63) is 24.8 Å². The van der Waals surface area contributed by atoms with Crippen LogP contribution in [0.2, 0.25) is 0 Å². The molecule has 0 atom stereocenters. The highest BCUT2D eigenvalue weighted by molar-refractivity contribution is 5.89. The fourth-order valence-electron chi connectivity index (χ4n) is 2.41. The molecular weight excluding hydrogens is 232 g/mol. The van der Waals surface area contributed by atoms with Crippen LogP contribution in [0.1, 0.15) is 32.1 Å². The second kappa shape index (κ2) is 5.35. The van der Waals surface area contributed by atoms with E-state index in [1.165, 1.54) is 13.2 Å². The molecule has 0 saturated heterocycles. The van der Waals surface area contributed by atoms with Crippen LogP contribution in [0.15, 0.2) is 24.8 Å². The molecule has 1 aliphatic rings. The zero-order chi connectivity index (χ0) is 13.0. The topological polar surface area (TPSA) is 64.4 Å². The van der Waals surface area contributed by atoms with Crippen molar-refractivity contribution < 1.29 is 14.6 Å². The first-order chi connectivity index (χ1) is 8.65. The smallest absolute Gasteiger partial charge is 0.332 e. The van der Waals surface area contributed by atoms with E-state index in [2.05, 4.69) is 9.72 Å². The first kappa shape index (κ1) is 12.8. The maximum atomic E-state index is 11.5. The summed E-state index contributed by atoms with van der Waals surface area (Å²) in [6.07, 6.45) is 10.7. The largest absolute Gasteiger partial charge is 0.466 e. The Balaban J connectivity index is 2.35. The molecule has 1 saturated carbocycles. The van der Waals surface area contributed by atoms with Crippen molar-refractivity contribution in [3.63, 3.8) is 0 Å². The summed E-state index contributed by atoms with van der Waals surface area (Å²) in [6, 6.07) is 0. The number of rotatable bonds is 3. The summed E-state index contributed by atoms with van der Waals surface area (Å²) in [6.45, 7) is 0. The molecule has 18 heavy (non-hydrogen) atoms. The third-order valence-electron chi connectivity index (χ3n) is 3.40. The Morgan fingerprint density at radius 1 is 1.44 bits per heavy atom. The maximum absolute atomic E-state index is 11.5. The van der Waals surface area contributed by atoms with Gasteiger partial charge in [0.25, 0.3) is 0 Å². The van der Waals surface area contributed by atoms with E-state index in [4.69, 9.17) is 0 Å². The molecule has 5 heteroatoms. The second-order valence-electron chi connectivity index (χ2n) is 4.61. The van der Waals surface area contributed by atoms with Crippen LogP contribution in [-0.2, 0) is 9.53 Å². The first-order valence-electron chi connectivity index (χ1n) is 6.16. The Labute approximate surface area is 106 Å². The lowest BCUT2D eigenvalue weighted by atomic mass is 9.82. The highest BCUT2D eigenvalue weighted by Gasteiger charge is 2.35. The highest BCUT2D eigenvalue weighted by Crippen LogP contribution is 2.36. The molecule has 1 fully saturated rings. The van der Waals surface area contributed by atoms with Crippen LogP contribution in [0.4, 0.5) is 0 Å². The summed E-state index contributed by atoms with van der Waals surface area (Å²) in [4.78, 5) is 15.4. The number of aliphatic hydroxyl groups is 1. The minimum Gasteiger partial charge on any atom is -0.466 e. The van der Waals surface area contributed by atoms with Crippen LogP contribution in [0, 0.1) is 0 Å². The first-order valence-corrected chi connectivity index (χ1v) is 6.16. The summed E-state index contributed by atoms with van der Waals surface area (Å²) in [7, 11) is 1.33. The van der Waals surface area contributed by atoms with E-state index in [0.717, 1.165) is 19.3 Å². The van der Waals surface area contributed by atoms with E-state index in [1.807, 2.05) is 0 Å². The van der Waals surface area contributed by atoms with Gasteiger partial charge in [0.05, 0.1) is 19.1 Å². The Hall–Kier alpha value is -1.62. The minimum atomic E-state index is -0.965. The summed E-state index contributed by atoms with van der Waals surface area (Å²) in [5.74, 6) is -0.460. The minimum absolute atomic E-state index is 0.460. The fourth-order valence-corrected chi connectivity index (χ4v) is 2.41. The van der Waals surface area contributed by atoms with Crippen molar-refractivity contribution in [1.82, 2.24) is 9.55 Å². The van der Waals surface area contributed by atoms with Gasteiger partial charge < -0.3 is 14.4 Å². The number of methoxy groups -OCH3 is 1. The second-order valence-corrected chi connectivity index (χ2v) is 4.61. The fraction of sp³-hybridized carbons (Fsp3) is 0.538. The lowest BCUT2D eigenvalue weighted by Crippen LogP contribution is -2.35. The lowest BCUT2D eigenvalue weighted by molar-refractivity contribution is -0.134. The van der Waals surface area contributed by atoms with E-state index in [-0.39, 0.29) is 0 Å². The Morgan fingerprint density at radius 3 is 2.72 bits per heavy atom. The number of hydrogen-bond donors (Lipinski definition) is 1. The quantitative estimate of drug-likeness (QED) is 0.653. The van der Waals surface area contributed by atoms with Gasteiger partial charge in [-0.2, -0.15) is 0 Å². The van der Waals surface area contributed by atoms with Crippen molar-refractivity contribution in [2.24, 2.45) is 0 Å². The normalized spacial score (nSPS) is 19.6. The highest BCUT2D eigenvalue weighted by atomic mass is 16.5. The van der Waals surface area contributed by atoms with Gasteiger partial charge >= 0.3 is 5.97 Å². The summed E-state index contributed by atoms with van der Waals surface area (Å²) >= 11 is 0. The van der Waals surface area contributed by atoms with Crippen LogP contribution in [-0.4, -0.2) is 33.3 Å². The van der Waals surface area contributed by atoms with E-state index in [0.29, 0.717) is 18.5 Å². The number of carbonyl (C=O) groups excluding carboxylic acids is 1. The van der Waals surface area contributed by atoms with Crippen molar-refractivity contribution >= 4 is 11.7 Å². The molecule has 2 rings (SSSR count). The molecule has 0 amide bonds. The standard InChI is InChI=1S/C13H18N2O3/c1-18-12(16)9-11(15-8-7-14-10-15)13(17)5-3-2-4-6-13/h7-10,17H,2-6H2,1H3. The Bertz CT molecular complexity index is 431. The number of imidazole rings is 1. The molecule has 1 N–H and O–H groups in total. The van der Waals surface area contributed by atoms with Gasteiger partial charge in [0.15, 0.2) is 0 Å². The van der Waals surface area contributed by atoms with Gasteiger partial charge in [0, 0.05) is 18.5 Å². The molecule has 5 nitrogen and oxygen atoms in total. The molecule has 0 aliphatic heterocycles. The average molecular weight is 250 g/mol. The van der Waals surface area contributed by atoms with E-state index in [1.54, 1.807) is 23.3 Å². The predicted molar refractivity (Wildman–Crippen MR) is 66.6 cm³/mol. The van der Waals surface area contributed by atoms with Gasteiger partial charge in [-0.05, 0) is 12.8 Å². The summed E-state index contributed by atoms with van der Waals surface area (Å²) in [5, 5.41) is 10.7. The molecule has 0 spiro atoms. The molecule has 1 aromatic rings. The number of esters is 1. The molecule has 0 bridgehead atoms. The molecule has 0 radical (unpaired) electrons. The number of hydrogen-bond acceptors (Lipinski definition) is 4. The number of carbonyl (C=O) groups is 1. The van der Waals surface area contributed by atoms with E-state index >= 15 is 0 Å². The van der Waals surface area contributed by atoms with Crippen LogP contribution < -0.4 is 0 Å². The zero-order valence-electron chi connectivity index (χ0n) is 10.5. The van der Waals surface area contributed by atoms with Gasteiger partial charge in [-0.15, -0.1) is 0 Å². The number of nitrogens with zero attached hydrogens (tertiary/aromatic N) is 2. The van der Waals surface area contributed by atoms with Crippen LogP contribution >= 0.6 is 0 Å². The molecular formula is C13H18N2O3. The summed E-state index contributed by atoms with van der Waals surface area (Å²) < 4.78 is 6.34. The van der Waals surface area contributed by atoms with Crippen LogP contribution in [0.5, 0.6) is 0 Å². The van der Waals surface area contributed by atoms with Crippen molar-refractivity contribution in [2.75, 3.05) is 7.11 Å². The summed E-state index contributed by atoms with van der Waals surface area (Å²) in [5.41, 5.74) is -0.417. The molecule has 98 valence electrons. The van der Waals surface area contributed by atoms with Gasteiger partial charge in [0.1, 0.15) is 5.60 Å². The third kappa shape index (κ3) is 2.61. The van der Waals surface area contributed by atoms with E-state index < -0.39 is 11.6 Å². The monoisotopic (exact) mass is 250 g/mol.